The molecule has 0 atom stereocenters. The second kappa shape index (κ2) is 14.8. The van der Waals surface area contributed by atoms with E-state index in [1.165, 1.54) is 82.6 Å². The van der Waals surface area contributed by atoms with Crippen molar-refractivity contribution in [3.05, 3.63) is 65.7 Å². The third-order valence-corrected chi connectivity index (χ3v) is 9.08. The van der Waals surface area contributed by atoms with Gasteiger partial charge in [-0.3, -0.25) is 0 Å². The van der Waals surface area contributed by atoms with Gasteiger partial charge in [0.05, 0.1) is 6.61 Å². The molecule has 2 aromatic carbocycles. The minimum absolute atomic E-state index is 0.00175. The van der Waals surface area contributed by atoms with Gasteiger partial charge in [-0.15, -0.1) is 0 Å². The van der Waals surface area contributed by atoms with Crippen molar-refractivity contribution in [1.29, 1.82) is 0 Å². The van der Waals surface area contributed by atoms with Crippen LogP contribution in [0.1, 0.15) is 115 Å². The van der Waals surface area contributed by atoms with Crippen molar-refractivity contribution < 1.29 is 13.5 Å². The van der Waals surface area contributed by atoms with Crippen LogP contribution in [0, 0.1) is 29.4 Å². The summed E-state index contributed by atoms with van der Waals surface area (Å²) in [5.74, 6) is 1.50. The number of rotatable bonds is 12. The van der Waals surface area contributed by atoms with Gasteiger partial charge in [0, 0.05) is 5.56 Å². The normalized spacial score (nSPS) is 24.1. The Kier molecular flexibility index (Phi) is 11.3. The summed E-state index contributed by atoms with van der Waals surface area (Å²) >= 11 is 0. The van der Waals surface area contributed by atoms with E-state index in [4.69, 9.17) is 4.74 Å². The smallest absolute Gasteiger partial charge is 0.201 e. The first-order chi connectivity index (χ1) is 18.6. The monoisotopic (exact) mass is 522 g/mol. The van der Waals surface area contributed by atoms with Gasteiger partial charge in [-0.25, -0.2) is 4.39 Å². The minimum Gasteiger partial charge on any atom is -0.490 e. The lowest BCUT2D eigenvalue weighted by Crippen LogP contribution is -2.13. The highest BCUT2D eigenvalue weighted by atomic mass is 19.2. The van der Waals surface area contributed by atoms with E-state index in [1.54, 1.807) is 12.1 Å². The Bertz CT molecular complexity index is 995. The molecule has 0 aromatic heterocycles. The number of ether oxygens (including phenoxy) is 1. The second-order valence-electron chi connectivity index (χ2n) is 11.9. The fourth-order valence-electron chi connectivity index (χ4n) is 6.61. The van der Waals surface area contributed by atoms with Crippen molar-refractivity contribution in [2.24, 2.45) is 17.8 Å². The Morgan fingerprint density at radius 3 is 2.13 bits per heavy atom. The summed E-state index contributed by atoms with van der Waals surface area (Å²) < 4.78 is 34.7. The first kappa shape index (κ1) is 28.8. The molecule has 2 saturated carbocycles. The molecule has 0 radical (unpaired) electrons. The number of benzene rings is 2. The van der Waals surface area contributed by atoms with E-state index in [9.17, 15) is 8.78 Å². The van der Waals surface area contributed by atoms with E-state index in [1.807, 2.05) is 19.1 Å². The standard InChI is InChI=1S/C35H48F2O/c1-3-5-25-38-33-24-23-32(34(36)35(33)37)31-21-19-30(20-22-31)29-17-15-28(16-18-29)10-7-6-9-27-13-11-26(8-4-2)12-14-27/h6,9,19-24,26-29H,3-5,7-8,10-18,25H2,1-2H3/b9-6+. The van der Waals surface area contributed by atoms with Crippen LogP contribution in [0.5, 0.6) is 5.75 Å². The predicted octanol–water partition coefficient (Wildman–Crippen LogP) is 11.0. The van der Waals surface area contributed by atoms with Crippen LogP contribution in [0.15, 0.2) is 48.6 Å². The molecule has 0 spiro atoms. The van der Waals surface area contributed by atoms with Crippen LogP contribution in [-0.4, -0.2) is 6.61 Å². The molecule has 0 saturated heterocycles. The zero-order valence-corrected chi connectivity index (χ0v) is 23.7. The quantitative estimate of drug-likeness (QED) is 0.199. The lowest BCUT2D eigenvalue weighted by Gasteiger charge is -2.29. The summed E-state index contributed by atoms with van der Waals surface area (Å²) in [6.07, 6.45) is 22.8. The fourth-order valence-corrected chi connectivity index (χ4v) is 6.61. The maximum atomic E-state index is 14.8. The van der Waals surface area contributed by atoms with Gasteiger partial charge in [0.1, 0.15) is 0 Å². The molecule has 0 aliphatic heterocycles. The van der Waals surface area contributed by atoms with Gasteiger partial charge in [-0.2, -0.15) is 4.39 Å². The van der Waals surface area contributed by atoms with Gasteiger partial charge in [-0.1, -0.05) is 69.5 Å². The van der Waals surface area contributed by atoms with Gasteiger partial charge < -0.3 is 4.74 Å². The Balaban J connectivity index is 1.21. The van der Waals surface area contributed by atoms with Crippen LogP contribution in [0.25, 0.3) is 11.1 Å². The van der Waals surface area contributed by atoms with Crippen molar-refractivity contribution in [3.8, 4) is 16.9 Å². The van der Waals surface area contributed by atoms with Gasteiger partial charge in [-0.05, 0) is 118 Å². The highest BCUT2D eigenvalue weighted by Crippen LogP contribution is 2.39. The van der Waals surface area contributed by atoms with Crippen LogP contribution in [-0.2, 0) is 0 Å². The van der Waals surface area contributed by atoms with Crippen LogP contribution in [0.4, 0.5) is 8.78 Å². The molecule has 4 rings (SSSR count). The number of allylic oxidation sites excluding steroid dienone is 2. The van der Waals surface area contributed by atoms with Crippen molar-refractivity contribution in [2.45, 2.75) is 110 Å². The van der Waals surface area contributed by atoms with Crippen molar-refractivity contribution in [2.75, 3.05) is 6.61 Å². The number of unbranched alkanes of at least 4 members (excludes halogenated alkanes) is 1. The van der Waals surface area contributed by atoms with E-state index < -0.39 is 11.6 Å². The molecular formula is C35H48F2O. The average molecular weight is 523 g/mol. The molecule has 208 valence electrons. The molecule has 0 unspecified atom stereocenters. The molecule has 2 aliphatic rings. The molecular weight excluding hydrogens is 474 g/mol. The predicted molar refractivity (Wildman–Crippen MR) is 156 cm³/mol. The van der Waals surface area contributed by atoms with Crippen LogP contribution in [0.3, 0.4) is 0 Å². The third kappa shape index (κ3) is 7.93. The Hall–Kier alpha value is -2.16. The summed E-state index contributed by atoms with van der Waals surface area (Å²) in [6.45, 7) is 4.75. The van der Waals surface area contributed by atoms with Gasteiger partial charge in [0.25, 0.3) is 0 Å². The van der Waals surface area contributed by atoms with Crippen molar-refractivity contribution >= 4 is 0 Å². The molecule has 3 heteroatoms. The summed E-state index contributed by atoms with van der Waals surface area (Å²) in [5.41, 5.74) is 2.33. The number of hydrogen-bond acceptors (Lipinski definition) is 1. The van der Waals surface area contributed by atoms with Gasteiger partial charge in [0.2, 0.25) is 5.82 Å². The molecule has 0 bridgehead atoms. The van der Waals surface area contributed by atoms with Crippen LogP contribution < -0.4 is 4.74 Å². The zero-order valence-electron chi connectivity index (χ0n) is 23.7. The third-order valence-electron chi connectivity index (χ3n) is 9.08. The molecule has 0 amide bonds. The molecule has 0 N–H and O–H groups in total. The Labute approximate surface area is 230 Å². The zero-order chi connectivity index (χ0) is 26.7. The first-order valence-corrected chi connectivity index (χ1v) is 15.5. The maximum Gasteiger partial charge on any atom is 0.201 e. The second-order valence-corrected chi connectivity index (χ2v) is 11.9. The summed E-state index contributed by atoms with van der Waals surface area (Å²) in [4.78, 5) is 0. The highest BCUT2D eigenvalue weighted by molar-refractivity contribution is 5.65. The average Bonchev–Trinajstić information content (AvgIpc) is 2.95. The fraction of sp³-hybridized carbons (Fsp3) is 0.600. The van der Waals surface area contributed by atoms with E-state index in [2.05, 4.69) is 31.2 Å². The van der Waals surface area contributed by atoms with E-state index in [-0.39, 0.29) is 5.75 Å². The van der Waals surface area contributed by atoms with Crippen molar-refractivity contribution in [1.82, 2.24) is 0 Å². The molecule has 38 heavy (non-hydrogen) atoms. The summed E-state index contributed by atoms with van der Waals surface area (Å²) in [6, 6.07) is 11.3. The maximum absolute atomic E-state index is 14.8. The minimum atomic E-state index is -0.893. The van der Waals surface area contributed by atoms with E-state index >= 15 is 0 Å². The molecule has 2 aliphatic carbocycles. The van der Waals surface area contributed by atoms with E-state index in [0.29, 0.717) is 23.7 Å². The number of halogens is 2. The van der Waals surface area contributed by atoms with Gasteiger partial charge >= 0.3 is 0 Å². The molecule has 2 fully saturated rings. The summed E-state index contributed by atoms with van der Waals surface area (Å²) in [5, 5.41) is 0. The molecule has 2 aromatic rings. The Morgan fingerprint density at radius 2 is 1.45 bits per heavy atom. The van der Waals surface area contributed by atoms with Crippen LogP contribution >= 0.6 is 0 Å². The Morgan fingerprint density at radius 1 is 0.763 bits per heavy atom. The topological polar surface area (TPSA) is 9.23 Å². The molecule has 1 nitrogen and oxygen atoms in total. The van der Waals surface area contributed by atoms with Crippen molar-refractivity contribution in [3.63, 3.8) is 0 Å². The first-order valence-electron chi connectivity index (χ1n) is 15.5. The van der Waals surface area contributed by atoms with E-state index in [0.717, 1.165) is 30.6 Å². The number of hydrogen-bond donors (Lipinski definition) is 0. The SMILES string of the molecule is CCCCOc1ccc(-c2ccc(C3CCC(CC/C=C/C4CCC(CCC)CC4)CC3)cc2)c(F)c1F. The largest absolute Gasteiger partial charge is 0.490 e. The highest BCUT2D eigenvalue weighted by Gasteiger charge is 2.23. The van der Waals surface area contributed by atoms with Gasteiger partial charge in [0.15, 0.2) is 11.6 Å². The van der Waals surface area contributed by atoms with Crippen LogP contribution in [0.2, 0.25) is 0 Å². The lowest BCUT2D eigenvalue weighted by molar-refractivity contribution is 0.289. The lowest BCUT2D eigenvalue weighted by atomic mass is 9.77. The summed E-state index contributed by atoms with van der Waals surface area (Å²) in [7, 11) is 0. The molecule has 0 heterocycles.